The maximum absolute atomic E-state index is 13.4. The molecule has 144 valence electrons. The van der Waals surface area contributed by atoms with Gasteiger partial charge in [-0.05, 0) is 18.6 Å². The van der Waals surface area contributed by atoms with Crippen molar-refractivity contribution in [2.45, 2.75) is 33.6 Å². The lowest BCUT2D eigenvalue weighted by Gasteiger charge is -2.17. The fourth-order valence-corrected chi connectivity index (χ4v) is 1.80. The van der Waals surface area contributed by atoms with Gasteiger partial charge < -0.3 is 16.0 Å². The normalized spacial score (nSPS) is 11.0. The molecule has 0 saturated heterocycles. The highest BCUT2D eigenvalue weighted by molar-refractivity contribution is 5.94. The van der Waals surface area contributed by atoms with E-state index >= 15 is 0 Å². The van der Waals surface area contributed by atoms with E-state index in [2.05, 4.69) is 10.6 Å². The highest BCUT2D eigenvalue weighted by atomic mass is 19.2. The van der Waals surface area contributed by atoms with Crippen LogP contribution in [0.1, 0.15) is 33.6 Å². The van der Waals surface area contributed by atoms with E-state index in [1.807, 2.05) is 5.32 Å². The minimum Gasteiger partial charge on any atom is -0.356 e. The molecule has 6 nitrogen and oxygen atoms in total. The van der Waals surface area contributed by atoms with Crippen molar-refractivity contribution >= 4 is 23.4 Å². The van der Waals surface area contributed by atoms with Gasteiger partial charge in [-0.15, -0.1) is 0 Å². The number of amides is 3. The summed E-state index contributed by atoms with van der Waals surface area (Å²) in [5, 5.41) is 7.04. The molecule has 0 radical (unpaired) electrons. The summed E-state index contributed by atoms with van der Waals surface area (Å²) in [5.74, 6) is -5.93. The number of rotatable bonds is 7. The molecule has 0 atom stereocenters. The average Bonchev–Trinajstić information content (AvgIpc) is 2.56. The van der Waals surface area contributed by atoms with Crippen molar-refractivity contribution in [1.29, 1.82) is 0 Å². The van der Waals surface area contributed by atoms with Gasteiger partial charge in [0.1, 0.15) is 0 Å². The van der Waals surface area contributed by atoms with Gasteiger partial charge >= 0.3 is 0 Å². The molecule has 3 amide bonds. The number of hydrogen-bond donors (Lipinski definition) is 3. The second kappa shape index (κ2) is 9.21. The first-order chi connectivity index (χ1) is 12.0. The van der Waals surface area contributed by atoms with Gasteiger partial charge in [-0.25, -0.2) is 13.2 Å². The topological polar surface area (TPSA) is 87.3 Å². The molecule has 1 aromatic rings. The minimum absolute atomic E-state index is 0.0806. The number of nitrogens with one attached hydrogen (secondary N) is 3. The zero-order valence-corrected chi connectivity index (χ0v) is 14.8. The number of halogens is 3. The van der Waals surface area contributed by atoms with Gasteiger partial charge in [0.2, 0.25) is 17.7 Å². The predicted octanol–water partition coefficient (Wildman–Crippen LogP) is 2.10. The van der Waals surface area contributed by atoms with Gasteiger partial charge in [0, 0.05) is 18.4 Å². The smallest absolute Gasteiger partial charge is 0.243 e. The van der Waals surface area contributed by atoms with E-state index in [1.54, 1.807) is 20.8 Å². The average molecular weight is 373 g/mol. The monoisotopic (exact) mass is 373 g/mol. The Hall–Kier alpha value is -2.58. The summed E-state index contributed by atoms with van der Waals surface area (Å²) in [6.07, 6.45) is 0.463. The summed E-state index contributed by atoms with van der Waals surface area (Å²) in [5.41, 5.74) is -1.04. The number of benzene rings is 1. The van der Waals surface area contributed by atoms with E-state index in [-0.39, 0.29) is 12.3 Å². The van der Waals surface area contributed by atoms with Crippen molar-refractivity contribution in [1.82, 2.24) is 10.6 Å². The third kappa shape index (κ3) is 6.73. The molecule has 0 aliphatic heterocycles. The Morgan fingerprint density at radius 1 is 0.962 bits per heavy atom. The summed E-state index contributed by atoms with van der Waals surface area (Å²) in [6, 6.07) is 1.56. The van der Waals surface area contributed by atoms with Crippen molar-refractivity contribution in [2.24, 2.45) is 5.41 Å². The summed E-state index contributed by atoms with van der Waals surface area (Å²) in [7, 11) is 0. The molecule has 26 heavy (non-hydrogen) atoms. The van der Waals surface area contributed by atoms with E-state index in [4.69, 9.17) is 0 Å². The van der Waals surface area contributed by atoms with E-state index in [1.165, 1.54) is 0 Å². The van der Waals surface area contributed by atoms with E-state index in [0.717, 1.165) is 6.07 Å². The van der Waals surface area contributed by atoms with Crippen LogP contribution in [-0.2, 0) is 14.4 Å². The second-order valence-electron chi connectivity index (χ2n) is 6.66. The fraction of sp³-hybridized carbons (Fsp3) is 0.471. The lowest BCUT2D eigenvalue weighted by Crippen LogP contribution is -2.36. The first-order valence-corrected chi connectivity index (χ1v) is 8.00. The van der Waals surface area contributed by atoms with Crippen LogP contribution in [0.4, 0.5) is 18.9 Å². The van der Waals surface area contributed by atoms with Gasteiger partial charge in [0.25, 0.3) is 0 Å². The summed E-state index contributed by atoms with van der Waals surface area (Å²) in [6.45, 7) is 5.16. The second-order valence-corrected chi connectivity index (χ2v) is 6.66. The molecular weight excluding hydrogens is 351 g/mol. The first kappa shape index (κ1) is 21.5. The lowest BCUT2D eigenvalue weighted by molar-refractivity contribution is -0.128. The summed E-state index contributed by atoms with van der Waals surface area (Å²) in [4.78, 5) is 34.9. The number of hydrogen-bond acceptors (Lipinski definition) is 3. The predicted molar refractivity (Wildman–Crippen MR) is 89.7 cm³/mol. The maximum Gasteiger partial charge on any atom is 0.243 e. The largest absolute Gasteiger partial charge is 0.356 e. The van der Waals surface area contributed by atoms with Gasteiger partial charge in [0.15, 0.2) is 17.5 Å². The van der Waals surface area contributed by atoms with Crippen molar-refractivity contribution in [3.05, 3.63) is 29.6 Å². The van der Waals surface area contributed by atoms with Crippen molar-refractivity contribution in [3.63, 3.8) is 0 Å². The van der Waals surface area contributed by atoms with Gasteiger partial charge in [-0.2, -0.15) is 0 Å². The van der Waals surface area contributed by atoms with Gasteiger partial charge in [0.05, 0.1) is 12.2 Å². The van der Waals surface area contributed by atoms with Crippen LogP contribution in [0.15, 0.2) is 12.1 Å². The molecule has 9 heteroatoms. The molecule has 0 bridgehead atoms. The molecule has 0 aromatic heterocycles. The van der Waals surface area contributed by atoms with E-state index in [0.29, 0.717) is 19.0 Å². The molecule has 0 saturated carbocycles. The fourth-order valence-electron chi connectivity index (χ4n) is 1.80. The zero-order valence-electron chi connectivity index (χ0n) is 14.8. The zero-order chi connectivity index (χ0) is 19.9. The van der Waals surface area contributed by atoms with Crippen LogP contribution in [0.5, 0.6) is 0 Å². The third-order valence-corrected chi connectivity index (χ3v) is 3.30. The molecule has 1 rings (SSSR count). The number of anilines is 1. The first-order valence-electron chi connectivity index (χ1n) is 8.00. The van der Waals surface area contributed by atoms with Crippen LogP contribution in [0.3, 0.4) is 0 Å². The maximum atomic E-state index is 13.4. The summed E-state index contributed by atoms with van der Waals surface area (Å²) < 4.78 is 39.3. The molecule has 0 fully saturated rings. The Labute approximate surface area is 149 Å². The van der Waals surface area contributed by atoms with Crippen LogP contribution < -0.4 is 16.0 Å². The SMILES string of the molecule is CC(C)(C)C(=O)NCCCC(=O)NCC(=O)Nc1ccc(F)c(F)c1F. The highest BCUT2D eigenvalue weighted by Gasteiger charge is 2.20. The molecule has 1 aromatic carbocycles. The Morgan fingerprint density at radius 2 is 1.62 bits per heavy atom. The van der Waals surface area contributed by atoms with Crippen LogP contribution >= 0.6 is 0 Å². The van der Waals surface area contributed by atoms with Gasteiger partial charge in [-0.3, -0.25) is 14.4 Å². The van der Waals surface area contributed by atoms with Crippen molar-refractivity contribution in [3.8, 4) is 0 Å². The Morgan fingerprint density at radius 3 is 2.23 bits per heavy atom. The molecule has 0 heterocycles. The van der Waals surface area contributed by atoms with Crippen molar-refractivity contribution < 1.29 is 27.6 Å². The molecule has 3 N–H and O–H groups in total. The number of carbonyl (C=O) groups is 3. The van der Waals surface area contributed by atoms with E-state index in [9.17, 15) is 27.6 Å². The quantitative estimate of drug-likeness (QED) is 0.505. The molecule has 0 aliphatic rings. The molecular formula is C17H22F3N3O3. The Bertz CT molecular complexity index is 688. The van der Waals surface area contributed by atoms with Crippen LogP contribution in [0.25, 0.3) is 0 Å². The van der Waals surface area contributed by atoms with Crippen LogP contribution in [-0.4, -0.2) is 30.8 Å². The molecule has 0 spiro atoms. The Kier molecular flexibility index (Phi) is 7.60. The lowest BCUT2D eigenvalue weighted by atomic mass is 9.96. The standard InChI is InChI=1S/C17H22F3N3O3/c1-17(2,3)16(26)21-8-4-5-12(24)22-9-13(25)23-11-7-6-10(18)14(19)15(11)20/h6-7H,4-5,8-9H2,1-3H3,(H,21,26)(H,22,24)(H,23,25). The minimum atomic E-state index is -1.69. The summed E-state index contributed by atoms with van der Waals surface area (Å²) >= 11 is 0. The van der Waals surface area contributed by atoms with Crippen molar-refractivity contribution in [2.75, 3.05) is 18.4 Å². The van der Waals surface area contributed by atoms with Gasteiger partial charge in [-0.1, -0.05) is 20.8 Å². The Balaban J connectivity index is 2.31. The van der Waals surface area contributed by atoms with Crippen LogP contribution in [0, 0.1) is 22.9 Å². The van der Waals surface area contributed by atoms with E-state index < -0.39 is 46.9 Å². The molecule has 0 unspecified atom stereocenters. The highest BCUT2D eigenvalue weighted by Crippen LogP contribution is 2.19. The van der Waals surface area contributed by atoms with Crippen LogP contribution in [0.2, 0.25) is 0 Å². The third-order valence-electron chi connectivity index (χ3n) is 3.30. The number of carbonyl (C=O) groups excluding carboxylic acids is 3. The molecule has 0 aliphatic carbocycles.